The van der Waals surface area contributed by atoms with E-state index >= 15 is 0 Å². The minimum atomic E-state index is -0.184. The van der Waals surface area contributed by atoms with E-state index in [2.05, 4.69) is 25.2 Å². The van der Waals surface area contributed by atoms with Gasteiger partial charge in [0.25, 0.3) is 0 Å². The first-order chi connectivity index (χ1) is 8.12. The number of carbonyl (C=O) groups excluding carboxylic acids is 1. The van der Waals surface area contributed by atoms with E-state index in [0.29, 0.717) is 11.7 Å². The Hall–Kier alpha value is -0.630. The molecular weight excluding hydrogens is 210 g/mol. The van der Waals surface area contributed by atoms with Crippen LogP contribution < -0.4 is 5.32 Å². The molecule has 0 aromatic carbocycles. The number of carbonyl (C=O) groups is 1. The molecule has 2 aliphatic rings. The highest BCUT2D eigenvalue weighted by atomic mass is 16.1. The molecule has 0 saturated carbocycles. The standard InChI is InChI=1S/C15H25NO/c1-15(2,13-9-6-10-16-11-13)14(17)12-7-4-3-5-8-12/h7,13,16H,3-6,8-11H2,1-2H3. The van der Waals surface area contributed by atoms with E-state index in [1.54, 1.807) is 0 Å². The second-order valence-electron chi connectivity index (χ2n) is 6.07. The monoisotopic (exact) mass is 235 g/mol. The second kappa shape index (κ2) is 5.34. The van der Waals surface area contributed by atoms with Gasteiger partial charge in [-0.1, -0.05) is 19.9 Å². The summed E-state index contributed by atoms with van der Waals surface area (Å²) in [4.78, 5) is 12.6. The maximum Gasteiger partial charge on any atom is 0.164 e. The molecule has 1 heterocycles. The fourth-order valence-electron chi connectivity index (χ4n) is 3.11. The predicted molar refractivity (Wildman–Crippen MR) is 70.9 cm³/mol. The number of rotatable bonds is 3. The van der Waals surface area contributed by atoms with Crippen LogP contribution in [0.25, 0.3) is 0 Å². The molecule has 0 radical (unpaired) electrons. The molecule has 0 aromatic heterocycles. The molecule has 0 bridgehead atoms. The van der Waals surface area contributed by atoms with E-state index < -0.39 is 0 Å². The van der Waals surface area contributed by atoms with Gasteiger partial charge in [-0.25, -0.2) is 0 Å². The summed E-state index contributed by atoms with van der Waals surface area (Å²) in [6.07, 6.45) is 9.13. The van der Waals surface area contributed by atoms with Crippen LogP contribution in [0.4, 0.5) is 0 Å². The van der Waals surface area contributed by atoms with Gasteiger partial charge in [0, 0.05) is 5.41 Å². The van der Waals surface area contributed by atoms with Crippen molar-refractivity contribution in [3.8, 4) is 0 Å². The Morgan fingerprint density at radius 3 is 2.76 bits per heavy atom. The Kier molecular flexibility index (Phi) is 4.03. The quantitative estimate of drug-likeness (QED) is 0.814. The van der Waals surface area contributed by atoms with E-state index in [4.69, 9.17) is 0 Å². The highest BCUT2D eigenvalue weighted by Gasteiger charge is 2.38. The molecule has 1 N–H and O–H groups in total. The summed E-state index contributed by atoms with van der Waals surface area (Å²) < 4.78 is 0. The van der Waals surface area contributed by atoms with Crippen molar-refractivity contribution in [3.63, 3.8) is 0 Å². The van der Waals surface area contributed by atoms with Crippen molar-refractivity contribution < 1.29 is 4.79 Å². The molecule has 2 nitrogen and oxygen atoms in total. The molecule has 96 valence electrons. The topological polar surface area (TPSA) is 29.1 Å². The molecule has 0 amide bonds. The molecule has 1 saturated heterocycles. The molecule has 1 aliphatic carbocycles. The lowest BCUT2D eigenvalue weighted by atomic mass is 9.69. The third-order valence-corrected chi connectivity index (χ3v) is 4.49. The zero-order chi connectivity index (χ0) is 12.3. The first-order valence-corrected chi connectivity index (χ1v) is 7.07. The maximum absolute atomic E-state index is 12.6. The Bertz CT molecular complexity index is 311. The summed E-state index contributed by atoms with van der Waals surface area (Å²) in [5, 5.41) is 3.43. The number of piperidine rings is 1. The predicted octanol–water partition coefficient (Wildman–Crippen LogP) is 3.08. The third kappa shape index (κ3) is 2.79. The highest BCUT2D eigenvalue weighted by molar-refractivity contribution is 5.99. The number of hydrogen-bond acceptors (Lipinski definition) is 2. The van der Waals surface area contributed by atoms with Gasteiger partial charge < -0.3 is 5.32 Å². The van der Waals surface area contributed by atoms with Crippen molar-refractivity contribution in [3.05, 3.63) is 11.6 Å². The SMILES string of the molecule is CC(C)(C(=O)C1=CCCCC1)C1CCCNC1. The molecule has 1 atom stereocenters. The van der Waals surface area contributed by atoms with Crippen LogP contribution in [0, 0.1) is 11.3 Å². The molecular formula is C15H25NO. The van der Waals surface area contributed by atoms with Crippen LogP contribution in [-0.2, 0) is 4.79 Å². The number of Topliss-reactive ketones (excluding diaryl/α,β-unsaturated/α-hetero) is 1. The highest BCUT2D eigenvalue weighted by Crippen LogP contribution is 2.36. The van der Waals surface area contributed by atoms with E-state index in [1.165, 1.54) is 25.7 Å². The van der Waals surface area contributed by atoms with Gasteiger partial charge in [0.15, 0.2) is 5.78 Å². The Labute approximate surface area is 105 Å². The van der Waals surface area contributed by atoms with Crippen molar-refractivity contribution >= 4 is 5.78 Å². The average Bonchev–Trinajstić information content (AvgIpc) is 2.40. The number of ketones is 1. The summed E-state index contributed by atoms with van der Waals surface area (Å²) in [5.41, 5.74) is 0.920. The van der Waals surface area contributed by atoms with E-state index in [0.717, 1.165) is 31.5 Å². The molecule has 2 rings (SSSR count). The lowest BCUT2D eigenvalue weighted by Gasteiger charge is -2.37. The zero-order valence-electron chi connectivity index (χ0n) is 11.2. The Morgan fingerprint density at radius 2 is 2.18 bits per heavy atom. The first kappa shape index (κ1) is 12.8. The fraction of sp³-hybridized carbons (Fsp3) is 0.800. The van der Waals surface area contributed by atoms with Crippen LogP contribution in [0.1, 0.15) is 52.4 Å². The summed E-state index contributed by atoms with van der Waals surface area (Å²) >= 11 is 0. The van der Waals surface area contributed by atoms with Crippen molar-refractivity contribution in [1.82, 2.24) is 5.32 Å². The van der Waals surface area contributed by atoms with Crippen molar-refractivity contribution in [1.29, 1.82) is 0 Å². The Morgan fingerprint density at radius 1 is 1.35 bits per heavy atom. The Balaban J connectivity index is 2.07. The van der Waals surface area contributed by atoms with Crippen LogP contribution in [0.5, 0.6) is 0 Å². The number of allylic oxidation sites excluding steroid dienone is 2. The van der Waals surface area contributed by atoms with Gasteiger partial charge in [0.2, 0.25) is 0 Å². The van der Waals surface area contributed by atoms with Crippen LogP contribution >= 0.6 is 0 Å². The fourth-order valence-corrected chi connectivity index (χ4v) is 3.11. The molecule has 2 heteroatoms. The van der Waals surface area contributed by atoms with Gasteiger partial charge in [0.1, 0.15) is 0 Å². The maximum atomic E-state index is 12.6. The minimum Gasteiger partial charge on any atom is -0.316 e. The van der Waals surface area contributed by atoms with Gasteiger partial charge in [0.05, 0.1) is 0 Å². The molecule has 1 aliphatic heterocycles. The van der Waals surface area contributed by atoms with Crippen LogP contribution in [-0.4, -0.2) is 18.9 Å². The normalized spacial score (nSPS) is 26.5. The van der Waals surface area contributed by atoms with Crippen LogP contribution in [0.15, 0.2) is 11.6 Å². The van der Waals surface area contributed by atoms with E-state index in [9.17, 15) is 4.79 Å². The molecule has 0 aromatic rings. The van der Waals surface area contributed by atoms with Crippen molar-refractivity contribution in [2.45, 2.75) is 52.4 Å². The molecule has 1 fully saturated rings. The van der Waals surface area contributed by atoms with Crippen molar-refractivity contribution in [2.24, 2.45) is 11.3 Å². The molecule has 1 unspecified atom stereocenters. The summed E-state index contributed by atoms with van der Waals surface area (Å²) in [7, 11) is 0. The minimum absolute atomic E-state index is 0.184. The van der Waals surface area contributed by atoms with Gasteiger partial charge in [-0.15, -0.1) is 0 Å². The third-order valence-electron chi connectivity index (χ3n) is 4.49. The van der Waals surface area contributed by atoms with Crippen LogP contribution in [0.3, 0.4) is 0 Å². The largest absolute Gasteiger partial charge is 0.316 e. The summed E-state index contributed by atoms with van der Waals surface area (Å²) in [5.74, 6) is 0.914. The smallest absolute Gasteiger partial charge is 0.164 e. The second-order valence-corrected chi connectivity index (χ2v) is 6.07. The lowest BCUT2D eigenvalue weighted by Crippen LogP contribution is -2.43. The number of nitrogens with one attached hydrogen (secondary N) is 1. The number of hydrogen-bond donors (Lipinski definition) is 1. The van der Waals surface area contributed by atoms with Crippen LogP contribution in [0.2, 0.25) is 0 Å². The van der Waals surface area contributed by atoms with E-state index in [1.807, 2.05) is 0 Å². The lowest BCUT2D eigenvalue weighted by molar-refractivity contribution is -0.126. The summed E-state index contributed by atoms with van der Waals surface area (Å²) in [6, 6.07) is 0. The van der Waals surface area contributed by atoms with Gasteiger partial charge >= 0.3 is 0 Å². The van der Waals surface area contributed by atoms with Gasteiger partial charge in [-0.05, 0) is 63.1 Å². The van der Waals surface area contributed by atoms with Gasteiger partial charge in [-0.3, -0.25) is 4.79 Å². The average molecular weight is 235 g/mol. The van der Waals surface area contributed by atoms with Crippen molar-refractivity contribution in [2.75, 3.05) is 13.1 Å². The van der Waals surface area contributed by atoms with Gasteiger partial charge in [-0.2, -0.15) is 0 Å². The zero-order valence-corrected chi connectivity index (χ0v) is 11.2. The molecule has 17 heavy (non-hydrogen) atoms. The summed E-state index contributed by atoms with van der Waals surface area (Å²) in [6.45, 7) is 6.40. The van der Waals surface area contributed by atoms with E-state index in [-0.39, 0.29) is 5.41 Å². The molecule has 0 spiro atoms. The first-order valence-electron chi connectivity index (χ1n) is 7.07.